The van der Waals surface area contributed by atoms with Crippen LogP contribution in [-0.4, -0.2) is 27.5 Å². The van der Waals surface area contributed by atoms with Crippen molar-refractivity contribution >= 4 is 14.3 Å². The van der Waals surface area contributed by atoms with Gasteiger partial charge in [-0.3, -0.25) is 4.79 Å². The highest BCUT2D eigenvalue weighted by atomic mass is 28.4. The molecule has 4 heteroatoms. The molecule has 0 aliphatic heterocycles. The van der Waals surface area contributed by atoms with E-state index in [0.717, 1.165) is 12.8 Å². The van der Waals surface area contributed by atoms with Crippen LogP contribution in [0.2, 0.25) is 16.6 Å². The summed E-state index contributed by atoms with van der Waals surface area (Å²) in [6.07, 6.45) is 2.56. The van der Waals surface area contributed by atoms with Gasteiger partial charge in [-0.25, -0.2) is 0 Å². The van der Waals surface area contributed by atoms with Crippen molar-refractivity contribution in [2.24, 2.45) is 5.92 Å². The lowest BCUT2D eigenvalue weighted by atomic mass is 9.97. The van der Waals surface area contributed by atoms with Crippen LogP contribution in [0.4, 0.5) is 0 Å². The number of hydrogen-bond acceptors (Lipinski definition) is 3. The van der Waals surface area contributed by atoms with E-state index in [4.69, 9.17) is 9.16 Å². The molecule has 0 unspecified atom stereocenters. The first kappa shape index (κ1) is 21.6. The summed E-state index contributed by atoms with van der Waals surface area (Å²) in [5.41, 5.74) is 1.78. The van der Waals surface area contributed by atoms with Crippen LogP contribution >= 0.6 is 0 Å². The molecule has 0 saturated heterocycles. The molecular formula is C18H38O3Si. The number of hydrogen-bond donors (Lipinski definition) is 0. The van der Waals surface area contributed by atoms with Gasteiger partial charge in [-0.05, 0) is 35.4 Å². The second-order valence-corrected chi connectivity index (χ2v) is 12.9. The average Bonchev–Trinajstić information content (AvgIpc) is 2.44. The quantitative estimate of drug-likeness (QED) is 0.389. The normalized spacial score (nSPS) is 15.5. The summed E-state index contributed by atoms with van der Waals surface area (Å²) in [5.74, 6) is 0.258. The lowest BCUT2D eigenvalue weighted by molar-refractivity contribution is -0.141. The summed E-state index contributed by atoms with van der Waals surface area (Å²) in [7, 11) is -0.402. The molecule has 0 amide bonds. The highest BCUT2D eigenvalue weighted by molar-refractivity contribution is 6.77. The van der Waals surface area contributed by atoms with Gasteiger partial charge in [0.2, 0.25) is 8.32 Å². The molecule has 0 saturated carbocycles. The molecule has 0 spiro atoms. The van der Waals surface area contributed by atoms with Crippen LogP contribution in [0.25, 0.3) is 0 Å². The standard InChI is InChI=1S/C18H38O3Si/c1-10-17(16(8)11-12-18(19)20-9)21-22(13(2)3,14(4)5)15(6)7/h13-17H,10-12H2,1-9H3/t16-,17+/m0/s1. The summed E-state index contributed by atoms with van der Waals surface area (Å²) in [5, 5.41) is 0. The first-order chi connectivity index (χ1) is 10.1. The molecule has 0 bridgehead atoms. The fraction of sp³-hybridized carbons (Fsp3) is 0.944. The van der Waals surface area contributed by atoms with Gasteiger partial charge in [-0.2, -0.15) is 0 Å². The first-order valence-corrected chi connectivity index (χ1v) is 11.0. The maximum absolute atomic E-state index is 11.4. The molecule has 0 N–H and O–H groups in total. The Balaban J connectivity index is 5.09. The van der Waals surface area contributed by atoms with Gasteiger partial charge in [0, 0.05) is 12.5 Å². The summed E-state index contributed by atoms with van der Waals surface area (Å²) in [6.45, 7) is 18.3. The zero-order chi connectivity index (χ0) is 17.5. The van der Waals surface area contributed by atoms with Crippen molar-refractivity contribution in [3.8, 4) is 0 Å². The van der Waals surface area contributed by atoms with Crippen LogP contribution < -0.4 is 0 Å². The summed E-state index contributed by atoms with van der Waals surface area (Å²) >= 11 is 0. The zero-order valence-corrected chi connectivity index (χ0v) is 17.2. The Labute approximate surface area is 139 Å². The molecule has 0 aliphatic carbocycles. The van der Waals surface area contributed by atoms with E-state index in [1.165, 1.54) is 7.11 Å². The monoisotopic (exact) mass is 330 g/mol. The van der Waals surface area contributed by atoms with Gasteiger partial charge < -0.3 is 9.16 Å². The average molecular weight is 331 g/mol. The third kappa shape index (κ3) is 5.38. The Hall–Kier alpha value is -0.353. The van der Waals surface area contributed by atoms with Crippen molar-refractivity contribution in [3.63, 3.8) is 0 Å². The molecule has 0 fully saturated rings. The highest BCUT2D eigenvalue weighted by Gasteiger charge is 2.46. The van der Waals surface area contributed by atoms with Crippen molar-refractivity contribution in [2.45, 2.75) is 97.4 Å². The van der Waals surface area contributed by atoms with Gasteiger partial charge in [0.25, 0.3) is 0 Å². The second-order valence-electron chi connectivity index (χ2n) is 7.47. The minimum Gasteiger partial charge on any atom is -0.469 e. The van der Waals surface area contributed by atoms with Crippen LogP contribution in [-0.2, 0) is 14.0 Å². The predicted octanol–water partition coefficient (Wildman–Crippen LogP) is 5.55. The third-order valence-corrected chi connectivity index (χ3v) is 11.3. The molecule has 0 radical (unpaired) electrons. The van der Waals surface area contributed by atoms with E-state index in [2.05, 4.69) is 55.4 Å². The Kier molecular flexibility index (Phi) is 9.56. The molecule has 22 heavy (non-hydrogen) atoms. The minimum atomic E-state index is -1.86. The van der Waals surface area contributed by atoms with Gasteiger partial charge >= 0.3 is 5.97 Å². The predicted molar refractivity (Wildman–Crippen MR) is 96.6 cm³/mol. The van der Waals surface area contributed by atoms with Crippen molar-refractivity contribution in [1.29, 1.82) is 0 Å². The molecule has 0 rings (SSSR count). The molecule has 0 aromatic carbocycles. The molecule has 3 nitrogen and oxygen atoms in total. The fourth-order valence-corrected chi connectivity index (χ4v) is 9.65. The van der Waals surface area contributed by atoms with Crippen LogP contribution in [0.15, 0.2) is 0 Å². The molecule has 0 aromatic rings. The largest absolute Gasteiger partial charge is 0.469 e. The second kappa shape index (κ2) is 9.71. The first-order valence-electron chi connectivity index (χ1n) is 8.87. The number of rotatable bonds is 10. The maximum atomic E-state index is 11.4. The van der Waals surface area contributed by atoms with Crippen LogP contribution in [0, 0.1) is 5.92 Å². The van der Waals surface area contributed by atoms with E-state index in [0.29, 0.717) is 29.0 Å². The summed E-state index contributed by atoms with van der Waals surface area (Å²) in [4.78, 5) is 11.4. The van der Waals surface area contributed by atoms with Crippen molar-refractivity contribution in [3.05, 3.63) is 0 Å². The van der Waals surface area contributed by atoms with Crippen molar-refractivity contribution in [2.75, 3.05) is 7.11 Å². The van der Waals surface area contributed by atoms with E-state index < -0.39 is 8.32 Å². The maximum Gasteiger partial charge on any atom is 0.305 e. The number of esters is 1. The van der Waals surface area contributed by atoms with Gasteiger partial charge in [-0.15, -0.1) is 0 Å². The van der Waals surface area contributed by atoms with Crippen LogP contribution in [0.5, 0.6) is 0 Å². The summed E-state index contributed by atoms with van der Waals surface area (Å²) < 4.78 is 11.6. The number of carbonyl (C=O) groups is 1. The topological polar surface area (TPSA) is 35.5 Å². The fourth-order valence-electron chi connectivity index (χ4n) is 3.91. The lowest BCUT2D eigenvalue weighted by Crippen LogP contribution is -2.51. The Morgan fingerprint density at radius 1 is 0.955 bits per heavy atom. The molecule has 132 valence electrons. The number of ether oxygens (including phenoxy) is 1. The molecule has 0 aliphatic rings. The zero-order valence-electron chi connectivity index (χ0n) is 16.2. The van der Waals surface area contributed by atoms with E-state index in [1.54, 1.807) is 0 Å². The van der Waals surface area contributed by atoms with Crippen LogP contribution in [0.1, 0.15) is 74.7 Å². The van der Waals surface area contributed by atoms with Gasteiger partial charge in [0.05, 0.1) is 7.11 Å². The Morgan fingerprint density at radius 3 is 1.73 bits per heavy atom. The van der Waals surface area contributed by atoms with Crippen molar-refractivity contribution in [1.82, 2.24) is 0 Å². The van der Waals surface area contributed by atoms with E-state index in [1.807, 2.05) is 0 Å². The molecule has 0 heterocycles. The molecular weight excluding hydrogens is 292 g/mol. The highest BCUT2D eigenvalue weighted by Crippen LogP contribution is 2.44. The van der Waals surface area contributed by atoms with Gasteiger partial charge in [0.15, 0.2) is 0 Å². The van der Waals surface area contributed by atoms with E-state index in [9.17, 15) is 4.79 Å². The molecule has 0 aromatic heterocycles. The van der Waals surface area contributed by atoms with Gasteiger partial charge in [0.1, 0.15) is 0 Å². The Morgan fingerprint density at radius 2 is 1.41 bits per heavy atom. The number of methoxy groups -OCH3 is 1. The third-order valence-electron chi connectivity index (χ3n) is 5.13. The SMILES string of the molecule is CC[C@@H](O[Si](C(C)C)(C(C)C)C(C)C)[C@@H](C)CCC(=O)OC. The van der Waals surface area contributed by atoms with Crippen LogP contribution in [0.3, 0.4) is 0 Å². The lowest BCUT2D eigenvalue weighted by Gasteiger charge is -2.45. The minimum absolute atomic E-state index is 0.123. The van der Waals surface area contributed by atoms with E-state index in [-0.39, 0.29) is 12.1 Å². The van der Waals surface area contributed by atoms with Gasteiger partial charge in [-0.1, -0.05) is 55.4 Å². The Bertz CT molecular complexity index is 305. The number of carbonyl (C=O) groups excluding carboxylic acids is 1. The smallest absolute Gasteiger partial charge is 0.305 e. The van der Waals surface area contributed by atoms with E-state index >= 15 is 0 Å². The summed E-state index contributed by atoms with van der Waals surface area (Å²) in [6, 6.07) is 0. The van der Waals surface area contributed by atoms with Crippen molar-refractivity contribution < 1.29 is 14.0 Å². The molecule has 2 atom stereocenters.